The van der Waals surface area contributed by atoms with E-state index in [2.05, 4.69) is 39.3 Å². The lowest BCUT2D eigenvalue weighted by Crippen LogP contribution is -2.39. The molecule has 6 heteroatoms. The zero-order valence-corrected chi connectivity index (χ0v) is 18.1. The molecule has 0 N–H and O–H groups in total. The van der Waals surface area contributed by atoms with Gasteiger partial charge >= 0.3 is 11.9 Å². The smallest absolute Gasteiger partial charge is 0.310 e. The van der Waals surface area contributed by atoms with E-state index in [1.807, 2.05) is 24.3 Å². The summed E-state index contributed by atoms with van der Waals surface area (Å²) in [5, 5.41) is 0. The van der Waals surface area contributed by atoms with Crippen LogP contribution in [0.15, 0.2) is 24.3 Å². The van der Waals surface area contributed by atoms with Gasteiger partial charge in [0, 0.05) is 0 Å². The summed E-state index contributed by atoms with van der Waals surface area (Å²) in [5.74, 6) is -0.400. The second-order valence-electron chi connectivity index (χ2n) is 8.31. The fraction of sp³-hybridized carbons (Fsp3) is 0.556. The predicted molar refractivity (Wildman–Crippen MR) is 103 cm³/mol. The van der Waals surface area contributed by atoms with Crippen molar-refractivity contribution in [2.24, 2.45) is 0 Å². The number of carbonyl (C=O) groups excluding carboxylic acids is 2. The number of carbonyl (C=O) groups is 2. The Balaban J connectivity index is 3.44. The SMILES string of the molecule is COC(=O)C(c1cccc(C(C(=O)OC)[Si](C)(C)C)c1)[Si](C)(C)C. The summed E-state index contributed by atoms with van der Waals surface area (Å²) in [6.45, 7) is 12.9. The molecule has 0 bridgehead atoms. The first-order chi connectivity index (χ1) is 10.9. The predicted octanol–water partition coefficient (Wildman–Crippen LogP) is 3.95. The molecule has 1 aromatic carbocycles. The van der Waals surface area contributed by atoms with E-state index in [1.54, 1.807) is 0 Å². The molecule has 0 aliphatic rings. The average molecular weight is 367 g/mol. The molecule has 0 saturated carbocycles. The molecule has 4 nitrogen and oxygen atoms in total. The quantitative estimate of drug-likeness (QED) is 0.565. The first-order valence-electron chi connectivity index (χ1n) is 8.19. The third kappa shape index (κ3) is 4.80. The van der Waals surface area contributed by atoms with E-state index in [9.17, 15) is 9.59 Å². The normalized spacial score (nSPS) is 14.7. The second-order valence-corrected chi connectivity index (χ2v) is 18.9. The molecular weight excluding hydrogens is 336 g/mol. The highest BCUT2D eigenvalue weighted by atomic mass is 28.3. The van der Waals surface area contributed by atoms with Gasteiger partial charge in [0.25, 0.3) is 0 Å². The highest BCUT2D eigenvalue weighted by Gasteiger charge is 2.38. The number of hydrogen-bond acceptors (Lipinski definition) is 4. The Bertz CT molecular complexity index is 551. The minimum absolute atomic E-state index is 0.200. The van der Waals surface area contributed by atoms with E-state index in [4.69, 9.17) is 9.47 Å². The average Bonchev–Trinajstić information content (AvgIpc) is 2.44. The molecular formula is C18H30O4Si2. The number of esters is 2. The van der Waals surface area contributed by atoms with Crippen molar-refractivity contribution in [3.8, 4) is 0 Å². The van der Waals surface area contributed by atoms with Crippen molar-refractivity contribution < 1.29 is 19.1 Å². The third-order valence-electron chi connectivity index (χ3n) is 4.18. The lowest BCUT2D eigenvalue weighted by Gasteiger charge is -2.30. The minimum atomic E-state index is -1.83. The highest BCUT2D eigenvalue weighted by Crippen LogP contribution is 2.33. The number of ether oxygens (including phenoxy) is 2. The number of rotatable bonds is 6. The van der Waals surface area contributed by atoms with Crippen LogP contribution in [0.3, 0.4) is 0 Å². The molecule has 2 unspecified atom stereocenters. The number of hydrogen-bond donors (Lipinski definition) is 0. The van der Waals surface area contributed by atoms with Crippen LogP contribution in [-0.4, -0.2) is 42.3 Å². The van der Waals surface area contributed by atoms with E-state index in [1.165, 1.54) is 14.2 Å². The molecule has 0 aromatic heterocycles. The Morgan fingerprint density at radius 3 is 1.38 bits per heavy atom. The van der Waals surface area contributed by atoms with Crippen LogP contribution < -0.4 is 0 Å². The molecule has 0 radical (unpaired) electrons. The summed E-state index contributed by atoms with van der Waals surface area (Å²) >= 11 is 0. The largest absolute Gasteiger partial charge is 0.469 e. The molecule has 0 aliphatic carbocycles. The van der Waals surface area contributed by atoms with Crippen LogP contribution in [-0.2, 0) is 19.1 Å². The standard InChI is InChI=1S/C18H30O4Si2/c1-21-17(19)15(23(3,4)5)13-10-9-11-14(12-13)16(18(20)22-2)24(6,7)8/h9-12,15-16H,1-8H3. The van der Waals surface area contributed by atoms with Crippen LogP contribution in [0, 0.1) is 0 Å². The maximum absolute atomic E-state index is 12.4. The van der Waals surface area contributed by atoms with Gasteiger partial charge in [0.1, 0.15) is 0 Å². The summed E-state index contributed by atoms with van der Waals surface area (Å²) < 4.78 is 10.1. The van der Waals surface area contributed by atoms with Gasteiger partial charge < -0.3 is 9.47 Å². The molecule has 0 heterocycles. The first kappa shape index (κ1) is 20.6. The van der Waals surface area contributed by atoms with E-state index >= 15 is 0 Å². The molecule has 1 aromatic rings. The Morgan fingerprint density at radius 2 is 1.12 bits per heavy atom. The second kappa shape index (κ2) is 7.65. The fourth-order valence-corrected chi connectivity index (χ4v) is 7.14. The molecule has 1 rings (SSSR count). The van der Waals surface area contributed by atoms with E-state index in [-0.39, 0.29) is 23.0 Å². The summed E-state index contributed by atoms with van der Waals surface area (Å²) in [4.78, 5) is 24.7. The maximum atomic E-state index is 12.4. The molecule has 0 spiro atoms. The van der Waals surface area contributed by atoms with Gasteiger partial charge in [0.2, 0.25) is 0 Å². The summed E-state index contributed by atoms with van der Waals surface area (Å²) in [5.41, 5.74) is 1.38. The van der Waals surface area contributed by atoms with Gasteiger partial charge in [-0.3, -0.25) is 9.59 Å². The zero-order chi connectivity index (χ0) is 18.7. The summed E-state index contributed by atoms with van der Waals surface area (Å²) in [6, 6.07) is 7.85. The number of methoxy groups -OCH3 is 2. The highest BCUT2D eigenvalue weighted by molar-refractivity contribution is 6.80. The van der Waals surface area contributed by atoms with Crippen LogP contribution >= 0.6 is 0 Å². The Kier molecular flexibility index (Phi) is 6.58. The van der Waals surface area contributed by atoms with E-state index in [0.717, 1.165) is 11.1 Å². The van der Waals surface area contributed by atoms with Crippen molar-refractivity contribution in [1.29, 1.82) is 0 Å². The fourth-order valence-electron chi connectivity index (χ4n) is 3.13. The molecule has 24 heavy (non-hydrogen) atoms. The van der Waals surface area contributed by atoms with E-state index in [0.29, 0.717) is 0 Å². The lowest BCUT2D eigenvalue weighted by atomic mass is 10.1. The monoisotopic (exact) mass is 366 g/mol. The Morgan fingerprint density at radius 1 is 0.792 bits per heavy atom. The first-order valence-corrected chi connectivity index (χ1v) is 15.3. The van der Waals surface area contributed by atoms with Crippen LogP contribution in [0.2, 0.25) is 39.3 Å². The molecule has 134 valence electrons. The van der Waals surface area contributed by atoms with Gasteiger partial charge in [-0.25, -0.2) is 0 Å². The Hall–Kier alpha value is -1.41. The van der Waals surface area contributed by atoms with Gasteiger partial charge in [-0.15, -0.1) is 0 Å². The van der Waals surface area contributed by atoms with Crippen LogP contribution in [0.4, 0.5) is 0 Å². The molecule has 0 amide bonds. The number of benzene rings is 1. The van der Waals surface area contributed by atoms with Gasteiger partial charge in [-0.2, -0.15) is 0 Å². The van der Waals surface area contributed by atoms with Crippen molar-refractivity contribution in [3.05, 3.63) is 35.4 Å². The topological polar surface area (TPSA) is 52.6 Å². The lowest BCUT2D eigenvalue weighted by molar-refractivity contribution is -0.141. The Labute approximate surface area is 147 Å². The zero-order valence-electron chi connectivity index (χ0n) is 16.1. The van der Waals surface area contributed by atoms with Gasteiger partial charge in [-0.1, -0.05) is 63.5 Å². The van der Waals surface area contributed by atoms with Crippen molar-refractivity contribution in [2.75, 3.05) is 14.2 Å². The van der Waals surface area contributed by atoms with Gasteiger partial charge in [0.05, 0.1) is 41.4 Å². The van der Waals surface area contributed by atoms with Crippen molar-refractivity contribution in [2.45, 2.75) is 50.4 Å². The molecule has 0 aliphatic heterocycles. The third-order valence-corrected chi connectivity index (χ3v) is 8.79. The molecule has 0 fully saturated rings. The van der Waals surface area contributed by atoms with Crippen molar-refractivity contribution >= 4 is 28.1 Å². The van der Waals surface area contributed by atoms with Gasteiger partial charge in [0.15, 0.2) is 0 Å². The summed E-state index contributed by atoms with van der Waals surface area (Å²) in [7, 11) is -0.802. The van der Waals surface area contributed by atoms with Crippen LogP contribution in [0.5, 0.6) is 0 Å². The summed E-state index contributed by atoms with van der Waals surface area (Å²) in [6.07, 6.45) is 0. The minimum Gasteiger partial charge on any atom is -0.469 e. The molecule has 2 atom stereocenters. The van der Waals surface area contributed by atoms with E-state index < -0.39 is 16.1 Å². The van der Waals surface area contributed by atoms with Crippen LogP contribution in [0.25, 0.3) is 0 Å². The van der Waals surface area contributed by atoms with Crippen molar-refractivity contribution in [3.63, 3.8) is 0 Å². The molecule has 0 saturated heterocycles. The van der Waals surface area contributed by atoms with Crippen molar-refractivity contribution in [1.82, 2.24) is 0 Å². The van der Waals surface area contributed by atoms with Crippen LogP contribution in [0.1, 0.15) is 22.2 Å². The van der Waals surface area contributed by atoms with Gasteiger partial charge in [-0.05, 0) is 11.1 Å². The maximum Gasteiger partial charge on any atom is 0.310 e.